The average molecular weight is 383 g/mol. The standard InChI is InChI=1S/C26H25NO2/c1-26(2,3)21-16-14-19(15-17-21)23-22(18-10-6-4-7-11-18)25(29-27-23)24(28)20-12-8-5-9-13-20/h4-17,22,25H,1-3H3. The van der Waals surface area contributed by atoms with Gasteiger partial charge in [0.05, 0.1) is 11.6 Å². The zero-order chi connectivity index (χ0) is 20.4. The molecule has 1 aliphatic rings. The van der Waals surface area contributed by atoms with E-state index in [1.165, 1.54) is 5.56 Å². The monoisotopic (exact) mass is 383 g/mol. The van der Waals surface area contributed by atoms with E-state index in [0.717, 1.165) is 16.8 Å². The highest BCUT2D eigenvalue weighted by Crippen LogP contribution is 2.35. The Kier molecular flexibility index (Phi) is 5.06. The number of benzene rings is 3. The second-order valence-corrected chi connectivity index (χ2v) is 8.45. The molecule has 0 bridgehead atoms. The first-order chi connectivity index (χ1) is 13.9. The molecule has 3 heteroatoms. The zero-order valence-corrected chi connectivity index (χ0v) is 17.0. The maximum absolute atomic E-state index is 13.2. The van der Waals surface area contributed by atoms with Crippen molar-refractivity contribution in [3.8, 4) is 0 Å². The molecule has 0 spiro atoms. The molecule has 2 atom stereocenters. The van der Waals surface area contributed by atoms with Crippen molar-refractivity contribution in [2.45, 2.75) is 38.2 Å². The summed E-state index contributed by atoms with van der Waals surface area (Å²) >= 11 is 0. The first-order valence-corrected chi connectivity index (χ1v) is 9.94. The molecule has 3 aromatic carbocycles. The summed E-state index contributed by atoms with van der Waals surface area (Å²) in [7, 11) is 0. The molecule has 0 N–H and O–H groups in total. The Morgan fingerprint density at radius 1 is 0.828 bits per heavy atom. The fourth-order valence-electron chi connectivity index (χ4n) is 3.71. The van der Waals surface area contributed by atoms with Gasteiger partial charge in [0.15, 0.2) is 0 Å². The molecule has 1 aliphatic heterocycles. The molecule has 3 aromatic rings. The lowest BCUT2D eigenvalue weighted by atomic mass is 9.82. The van der Waals surface area contributed by atoms with Crippen LogP contribution in [0.5, 0.6) is 0 Å². The second kappa shape index (κ2) is 7.67. The number of carbonyl (C=O) groups is 1. The molecule has 0 fully saturated rings. The summed E-state index contributed by atoms with van der Waals surface area (Å²) in [6.45, 7) is 6.58. The molecule has 0 saturated heterocycles. The van der Waals surface area contributed by atoms with Gasteiger partial charge in [-0.15, -0.1) is 0 Å². The minimum atomic E-state index is -0.669. The topological polar surface area (TPSA) is 38.7 Å². The molecule has 0 radical (unpaired) electrons. The maximum atomic E-state index is 13.2. The summed E-state index contributed by atoms with van der Waals surface area (Å²) in [6.07, 6.45) is -0.669. The van der Waals surface area contributed by atoms with Crippen LogP contribution in [0.4, 0.5) is 0 Å². The van der Waals surface area contributed by atoms with E-state index < -0.39 is 6.10 Å². The van der Waals surface area contributed by atoms with Gasteiger partial charge in [-0.05, 0) is 16.5 Å². The third kappa shape index (κ3) is 3.86. The fraction of sp³-hybridized carbons (Fsp3) is 0.231. The van der Waals surface area contributed by atoms with Crippen LogP contribution in [0.2, 0.25) is 0 Å². The number of hydrogen-bond donors (Lipinski definition) is 0. The van der Waals surface area contributed by atoms with Crippen LogP contribution in [0, 0.1) is 0 Å². The number of hydrogen-bond acceptors (Lipinski definition) is 3. The molecule has 0 aromatic heterocycles. The van der Waals surface area contributed by atoms with E-state index in [1.54, 1.807) is 0 Å². The highest BCUT2D eigenvalue weighted by molar-refractivity contribution is 6.12. The zero-order valence-electron chi connectivity index (χ0n) is 17.0. The SMILES string of the molecule is CC(C)(C)c1ccc(C2=NOC(C(=O)c3ccccc3)C2c2ccccc2)cc1. The van der Waals surface area contributed by atoms with Crippen molar-refractivity contribution in [1.29, 1.82) is 0 Å². The molecule has 2 unspecified atom stereocenters. The van der Waals surface area contributed by atoms with Crippen LogP contribution < -0.4 is 0 Å². The van der Waals surface area contributed by atoms with Crippen molar-refractivity contribution < 1.29 is 9.63 Å². The van der Waals surface area contributed by atoms with E-state index in [1.807, 2.05) is 60.7 Å². The summed E-state index contributed by atoms with van der Waals surface area (Å²) in [5.41, 5.74) is 4.78. The van der Waals surface area contributed by atoms with Gasteiger partial charge in [0.1, 0.15) is 0 Å². The van der Waals surface area contributed by atoms with E-state index in [2.05, 4.69) is 50.2 Å². The van der Waals surface area contributed by atoms with Crippen LogP contribution in [-0.4, -0.2) is 17.6 Å². The Morgan fingerprint density at radius 2 is 1.41 bits per heavy atom. The van der Waals surface area contributed by atoms with E-state index in [9.17, 15) is 4.79 Å². The lowest BCUT2D eigenvalue weighted by molar-refractivity contribution is 0.0516. The minimum Gasteiger partial charge on any atom is -0.383 e. The first-order valence-electron chi connectivity index (χ1n) is 9.94. The van der Waals surface area contributed by atoms with Gasteiger partial charge in [-0.3, -0.25) is 4.79 Å². The van der Waals surface area contributed by atoms with Crippen LogP contribution >= 0.6 is 0 Å². The van der Waals surface area contributed by atoms with Gasteiger partial charge < -0.3 is 4.84 Å². The van der Waals surface area contributed by atoms with Crippen molar-refractivity contribution in [1.82, 2.24) is 0 Å². The molecule has 0 aliphatic carbocycles. The van der Waals surface area contributed by atoms with Gasteiger partial charge in [0.2, 0.25) is 11.9 Å². The fourth-order valence-corrected chi connectivity index (χ4v) is 3.71. The highest BCUT2D eigenvalue weighted by Gasteiger charge is 2.41. The van der Waals surface area contributed by atoms with Gasteiger partial charge in [0, 0.05) is 11.1 Å². The summed E-state index contributed by atoms with van der Waals surface area (Å²) in [5.74, 6) is -0.297. The predicted molar refractivity (Wildman–Crippen MR) is 117 cm³/mol. The molecular formula is C26H25NO2. The first kappa shape index (κ1) is 19.1. The normalized spacial score (nSPS) is 18.8. The summed E-state index contributed by atoms with van der Waals surface area (Å²) in [5, 5.41) is 4.38. The molecule has 0 saturated carbocycles. The summed E-state index contributed by atoms with van der Waals surface area (Å²) in [4.78, 5) is 18.9. The van der Waals surface area contributed by atoms with Gasteiger partial charge in [-0.25, -0.2) is 0 Å². The second-order valence-electron chi connectivity index (χ2n) is 8.45. The van der Waals surface area contributed by atoms with E-state index in [4.69, 9.17) is 4.84 Å². The van der Waals surface area contributed by atoms with Crippen molar-refractivity contribution in [2.75, 3.05) is 0 Å². The summed E-state index contributed by atoms with van der Waals surface area (Å²) in [6, 6.07) is 27.7. The van der Waals surface area contributed by atoms with E-state index in [0.29, 0.717) is 5.56 Å². The van der Waals surface area contributed by atoms with Crippen LogP contribution in [0.1, 0.15) is 53.7 Å². The minimum absolute atomic E-state index is 0.0514. The van der Waals surface area contributed by atoms with Crippen molar-refractivity contribution in [3.05, 3.63) is 107 Å². The predicted octanol–water partition coefficient (Wildman–Crippen LogP) is 5.75. The number of carbonyl (C=O) groups excluding carboxylic acids is 1. The van der Waals surface area contributed by atoms with Crippen molar-refractivity contribution >= 4 is 11.5 Å². The Hall–Kier alpha value is -3.20. The lowest BCUT2D eigenvalue weighted by Gasteiger charge is -2.21. The molecule has 29 heavy (non-hydrogen) atoms. The number of oxime groups is 1. The molecule has 4 rings (SSSR count). The lowest BCUT2D eigenvalue weighted by Crippen LogP contribution is -2.30. The smallest absolute Gasteiger partial charge is 0.207 e. The number of rotatable bonds is 4. The summed E-state index contributed by atoms with van der Waals surface area (Å²) < 4.78 is 0. The Bertz CT molecular complexity index is 1020. The average Bonchev–Trinajstić information content (AvgIpc) is 3.19. The molecular weight excluding hydrogens is 358 g/mol. The molecule has 146 valence electrons. The van der Waals surface area contributed by atoms with Crippen LogP contribution in [0.25, 0.3) is 0 Å². The number of Topliss-reactive ketones (excluding diaryl/α,β-unsaturated/α-hetero) is 1. The maximum Gasteiger partial charge on any atom is 0.207 e. The van der Waals surface area contributed by atoms with Gasteiger partial charge in [0.25, 0.3) is 0 Å². The van der Waals surface area contributed by atoms with Crippen LogP contribution in [0.3, 0.4) is 0 Å². The van der Waals surface area contributed by atoms with Crippen LogP contribution in [0.15, 0.2) is 90.1 Å². The van der Waals surface area contributed by atoms with Gasteiger partial charge >= 0.3 is 0 Å². The van der Waals surface area contributed by atoms with Gasteiger partial charge in [-0.2, -0.15) is 0 Å². The Balaban J connectivity index is 1.71. The Labute approximate surface area is 172 Å². The molecule has 1 heterocycles. The Morgan fingerprint density at radius 3 is 2.00 bits per heavy atom. The third-order valence-corrected chi connectivity index (χ3v) is 5.38. The van der Waals surface area contributed by atoms with Crippen molar-refractivity contribution in [2.24, 2.45) is 5.16 Å². The number of ketones is 1. The molecule has 0 amide bonds. The molecule has 3 nitrogen and oxygen atoms in total. The van der Waals surface area contributed by atoms with Crippen LogP contribution in [-0.2, 0) is 10.3 Å². The van der Waals surface area contributed by atoms with E-state index in [-0.39, 0.29) is 17.1 Å². The van der Waals surface area contributed by atoms with Gasteiger partial charge in [-0.1, -0.05) is 111 Å². The van der Waals surface area contributed by atoms with Crippen molar-refractivity contribution in [3.63, 3.8) is 0 Å². The van der Waals surface area contributed by atoms with E-state index >= 15 is 0 Å². The quantitative estimate of drug-likeness (QED) is 0.538. The third-order valence-electron chi connectivity index (χ3n) is 5.38. The largest absolute Gasteiger partial charge is 0.383 e. The number of nitrogens with zero attached hydrogens (tertiary/aromatic N) is 1. The highest BCUT2D eigenvalue weighted by atomic mass is 16.6.